The Hall–Kier alpha value is -0.0600. The molecule has 1 saturated heterocycles. The van der Waals surface area contributed by atoms with Crippen molar-refractivity contribution in [3.05, 3.63) is 34.1 Å². The van der Waals surface area contributed by atoms with Crippen LogP contribution >= 0.6 is 27.7 Å². The molecule has 0 amide bonds. The molecule has 1 atom stereocenters. The Labute approximate surface area is 101 Å². The van der Waals surface area contributed by atoms with Crippen molar-refractivity contribution in [1.29, 1.82) is 0 Å². The SMILES string of the molecule is OC1(Cc2ccc(F)cc2Br)CCSC1. The lowest BCUT2D eigenvalue weighted by Crippen LogP contribution is -2.30. The molecule has 15 heavy (non-hydrogen) atoms. The van der Waals surface area contributed by atoms with E-state index in [1.54, 1.807) is 17.8 Å². The van der Waals surface area contributed by atoms with E-state index in [4.69, 9.17) is 0 Å². The van der Waals surface area contributed by atoms with E-state index in [2.05, 4.69) is 15.9 Å². The maximum absolute atomic E-state index is 12.9. The molecule has 0 saturated carbocycles. The topological polar surface area (TPSA) is 20.2 Å². The molecule has 0 aromatic heterocycles. The van der Waals surface area contributed by atoms with Crippen molar-refractivity contribution in [3.63, 3.8) is 0 Å². The van der Waals surface area contributed by atoms with Gasteiger partial charge in [0.05, 0.1) is 5.60 Å². The van der Waals surface area contributed by atoms with Crippen LogP contribution in [0.25, 0.3) is 0 Å². The highest BCUT2D eigenvalue weighted by Crippen LogP contribution is 2.32. The summed E-state index contributed by atoms with van der Waals surface area (Å²) in [7, 11) is 0. The minimum Gasteiger partial charge on any atom is -0.389 e. The van der Waals surface area contributed by atoms with Crippen LogP contribution in [0.2, 0.25) is 0 Å². The van der Waals surface area contributed by atoms with Crippen molar-refractivity contribution >= 4 is 27.7 Å². The summed E-state index contributed by atoms with van der Waals surface area (Å²) < 4.78 is 13.6. The number of thioether (sulfide) groups is 1. The molecule has 1 aromatic rings. The van der Waals surface area contributed by atoms with Gasteiger partial charge in [-0.05, 0) is 29.9 Å². The molecule has 0 aliphatic carbocycles. The van der Waals surface area contributed by atoms with E-state index in [0.29, 0.717) is 6.42 Å². The molecule has 1 unspecified atom stereocenters. The van der Waals surface area contributed by atoms with Gasteiger partial charge in [-0.1, -0.05) is 22.0 Å². The Morgan fingerprint density at radius 3 is 2.93 bits per heavy atom. The van der Waals surface area contributed by atoms with Crippen LogP contribution in [0.5, 0.6) is 0 Å². The second kappa shape index (κ2) is 4.44. The van der Waals surface area contributed by atoms with Gasteiger partial charge in [0.15, 0.2) is 0 Å². The smallest absolute Gasteiger partial charge is 0.124 e. The lowest BCUT2D eigenvalue weighted by atomic mass is 9.94. The zero-order valence-electron chi connectivity index (χ0n) is 8.17. The molecule has 0 spiro atoms. The monoisotopic (exact) mass is 290 g/mol. The van der Waals surface area contributed by atoms with Gasteiger partial charge in [0.2, 0.25) is 0 Å². The summed E-state index contributed by atoms with van der Waals surface area (Å²) in [4.78, 5) is 0. The average Bonchev–Trinajstić information content (AvgIpc) is 2.58. The fourth-order valence-corrected chi connectivity index (χ4v) is 3.54. The number of hydrogen-bond donors (Lipinski definition) is 1. The van der Waals surface area contributed by atoms with Crippen molar-refractivity contribution in [3.8, 4) is 0 Å². The number of aliphatic hydroxyl groups is 1. The molecule has 1 N–H and O–H groups in total. The normalized spacial score (nSPS) is 25.8. The fraction of sp³-hybridized carbons (Fsp3) is 0.455. The predicted octanol–water partition coefficient (Wildman–Crippen LogP) is 3.00. The molecule has 82 valence electrons. The van der Waals surface area contributed by atoms with Gasteiger partial charge in [0.25, 0.3) is 0 Å². The molecule has 1 aliphatic heterocycles. The van der Waals surface area contributed by atoms with E-state index in [1.807, 2.05) is 0 Å². The van der Waals surface area contributed by atoms with Gasteiger partial charge in [0, 0.05) is 16.6 Å². The van der Waals surface area contributed by atoms with Crippen LogP contribution in [-0.4, -0.2) is 22.2 Å². The predicted molar refractivity (Wildman–Crippen MR) is 64.7 cm³/mol. The first-order valence-corrected chi connectivity index (χ1v) is 6.78. The Balaban J connectivity index is 2.16. The van der Waals surface area contributed by atoms with Crippen LogP contribution in [0.3, 0.4) is 0 Å². The minimum absolute atomic E-state index is 0.251. The molecular formula is C11H12BrFOS. The Bertz CT molecular complexity index is 364. The lowest BCUT2D eigenvalue weighted by molar-refractivity contribution is 0.0684. The van der Waals surface area contributed by atoms with Gasteiger partial charge in [0.1, 0.15) is 5.82 Å². The number of rotatable bonds is 2. The molecule has 0 bridgehead atoms. The molecule has 1 heterocycles. The highest BCUT2D eigenvalue weighted by Gasteiger charge is 2.32. The molecule has 1 nitrogen and oxygen atoms in total. The molecule has 4 heteroatoms. The van der Waals surface area contributed by atoms with Gasteiger partial charge < -0.3 is 5.11 Å². The average molecular weight is 291 g/mol. The van der Waals surface area contributed by atoms with Gasteiger partial charge in [-0.15, -0.1) is 0 Å². The van der Waals surface area contributed by atoms with Crippen LogP contribution in [0.4, 0.5) is 4.39 Å². The molecule has 1 aliphatic rings. The fourth-order valence-electron chi connectivity index (χ4n) is 1.76. The number of hydrogen-bond acceptors (Lipinski definition) is 2. The van der Waals surface area contributed by atoms with Gasteiger partial charge in [-0.2, -0.15) is 11.8 Å². The molecule has 0 radical (unpaired) electrons. The second-order valence-electron chi connectivity index (χ2n) is 3.94. The summed E-state index contributed by atoms with van der Waals surface area (Å²) in [5.74, 6) is 1.53. The highest BCUT2D eigenvalue weighted by atomic mass is 79.9. The second-order valence-corrected chi connectivity index (χ2v) is 5.90. The first-order valence-electron chi connectivity index (χ1n) is 4.83. The van der Waals surface area contributed by atoms with Crippen molar-refractivity contribution < 1.29 is 9.50 Å². The van der Waals surface area contributed by atoms with Crippen LogP contribution < -0.4 is 0 Å². The van der Waals surface area contributed by atoms with Crippen molar-refractivity contribution in [2.75, 3.05) is 11.5 Å². The third kappa shape index (κ3) is 2.74. The largest absolute Gasteiger partial charge is 0.389 e. The standard InChI is InChI=1S/C11H12BrFOS/c12-10-5-9(13)2-1-8(10)6-11(14)3-4-15-7-11/h1-2,5,14H,3-4,6-7H2. The Morgan fingerprint density at radius 1 is 1.53 bits per heavy atom. The molecule has 2 rings (SSSR count). The summed E-state index contributed by atoms with van der Waals surface area (Å²) >= 11 is 5.09. The van der Waals surface area contributed by atoms with E-state index >= 15 is 0 Å². The van der Waals surface area contributed by atoms with Crippen LogP contribution in [0, 0.1) is 5.82 Å². The van der Waals surface area contributed by atoms with E-state index < -0.39 is 5.60 Å². The third-order valence-electron chi connectivity index (χ3n) is 2.62. The van der Waals surface area contributed by atoms with Crippen molar-refractivity contribution in [1.82, 2.24) is 0 Å². The lowest BCUT2D eigenvalue weighted by Gasteiger charge is -2.21. The summed E-state index contributed by atoms with van der Waals surface area (Å²) in [6, 6.07) is 4.62. The van der Waals surface area contributed by atoms with Gasteiger partial charge in [-0.3, -0.25) is 0 Å². The Kier molecular flexibility index (Phi) is 3.38. The molecule has 1 fully saturated rings. The molecule has 1 aromatic carbocycles. The van der Waals surface area contributed by atoms with Crippen LogP contribution in [0.1, 0.15) is 12.0 Å². The Morgan fingerprint density at radius 2 is 2.33 bits per heavy atom. The maximum atomic E-state index is 12.9. The van der Waals surface area contributed by atoms with Crippen LogP contribution in [0.15, 0.2) is 22.7 Å². The van der Waals surface area contributed by atoms with E-state index in [0.717, 1.165) is 28.0 Å². The third-order valence-corrected chi connectivity index (χ3v) is 4.59. The summed E-state index contributed by atoms with van der Waals surface area (Å²) in [5.41, 5.74) is 0.367. The van der Waals surface area contributed by atoms with Crippen LogP contribution in [-0.2, 0) is 6.42 Å². The zero-order valence-corrected chi connectivity index (χ0v) is 10.6. The van der Waals surface area contributed by atoms with E-state index in [1.165, 1.54) is 12.1 Å². The summed E-state index contributed by atoms with van der Waals surface area (Å²) in [6.45, 7) is 0. The number of halogens is 2. The van der Waals surface area contributed by atoms with E-state index in [-0.39, 0.29) is 5.82 Å². The molecular weight excluding hydrogens is 279 g/mol. The van der Waals surface area contributed by atoms with Crippen molar-refractivity contribution in [2.45, 2.75) is 18.4 Å². The zero-order chi connectivity index (χ0) is 10.9. The maximum Gasteiger partial charge on any atom is 0.124 e. The highest BCUT2D eigenvalue weighted by molar-refractivity contribution is 9.10. The minimum atomic E-state index is -0.606. The van der Waals surface area contributed by atoms with Crippen molar-refractivity contribution in [2.24, 2.45) is 0 Å². The summed E-state index contributed by atoms with van der Waals surface area (Å²) in [5, 5.41) is 10.2. The number of benzene rings is 1. The van der Waals surface area contributed by atoms with Gasteiger partial charge in [-0.25, -0.2) is 4.39 Å². The van der Waals surface area contributed by atoms with E-state index in [9.17, 15) is 9.50 Å². The van der Waals surface area contributed by atoms with Gasteiger partial charge >= 0.3 is 0 Å². The first kappa shape index (κ1) is 11.4. The summed E-state index contributed by atoms with van der Waals surface area (Å²) in [6.07, 6.45) is 1.42. The first-order chi connectivity index (χ1) is 7.09. The quantitative estimate of drug-likeness (QED) is 0.904.